The van der Waals surface area contributed by atoms with Crippen molar-refractivity contribution in [2.45, 2.75) is 39.7 Å². The molecular weight excluding hydrogens is 152 g/mol. The average Bonchev–Trinajstić information content (AvgIpc) is 1.98. The van der Waals surface area contributed by atoms with E-state index in [1.165, 1.54) is 0 Å². The van der Waals surface area contributed by atoms with E-state index in [9.17, 15) is 4.79 Å². The number of carbonyl (C=O) groups is 1. The molecular formula is C9H16N2O. The van der Waals surface area contributed by atoms with Crippen molar-refractivity contribution in [3.8, 4) is 6.07 Å². The van der Waals surface area contributed by atoms with Crippen LogP contribution in [0.25, 0.3) is 0 Å². The van der Waals surface area contributed by atoms with Gasteiger partial charge < -0.3 is 5.32 Å². The summed E-state index contributed by atoms with van der Waals surface area (Å²) in [5, 5.41) is 11.2. The first-order chi connectivity index (χ1) is 5.60. The number of nitriles is 1. The molecule has 3 nitrogen and oxygen atoms in total. The number of rotatable bonds is 4. The first kappa shape index (κ1) is 11.0. The van der Waals surface area contributed by atoms with Crippen LogP contribution in [0.2, 0.25) is 0 Å². The predicted octanol–water partition coefficient (Wildman–Crippen LogP) is 1.45. The van der Waals surface area contributed by atoms with E-state index in [2.05, 4.69) is 5.32 Å². The van der Waals surface area contributed by atoms with E-state index in [1.807, 2.05) is 26.8 Å². The highest BCUT2D eigenvalue weighted by atomic mass is 16.1. The molecule has 0 bridgehead atoms. The van der Waals surface area contributed by atoms with Gasteiger partial charge in [-0.25, -0.2) is 0 Å². The van der Waals surface area contributed by atoms with Crippen LogP contribution in [-0.2, 0) is 4.79 Å². The first-order valence-electron chi connectivity index (χ1n) is 4.29. The Morgan fingerprint density at radius 3 is 2.50 bits per heavy atom. The summed E-state index contributed by atoms with van der Waals surface area (Å²) in [6.07, 6.45) is 1.17. The number of carbonyl (C=O) groups excluding carboxylic acids is 1. The molecule has 0 heterocycles. The Balaban J connectivity index is 3.76. The average molecular weight is 168 g/mol. The summed E-state index contributed by atoms with van der Waals surface area (Å²) in [6, 6.07) is 1.70. The highest BCUT2D eigenvalue weighted by Crippen LogP contribution is 1.99. The SMILES string of the molecule is CCC(C#N)NC(=O)CC(C)C. The van der Waals surface area contributed by atoms with Gasteiger partial charge in [0.25, 0.3) is 0 Å². The normalized spacial score (nSPS) is 12.2. The number of amides is 1. The van der Waals surface area contributed by atoms with Gasteiger partial charge >= 0.3 is 0 Å². The smallest absolute Gasteiger partial charge is 0.221 e. The Kier molecular flexibility index (Phi) is 5.11. The van der Waals surface area contributed by atoms with Crippen LogP contribution in [0, 0.1) is 17.2 Å². The summed E-state index contributed by atoms with van der Waals surface area (Å²) in [5.74, 6) is 0.319. The standard InChI is InChI=1S/C9H16N2O/c1-4-8(6-10)11-9(12)5-7(2)3/h7-8H,4-5H2,1-3H3,(H,11,12). The molecule has 0 aliphatic carbocycles. The third-order valence-corrected chi connectivity index (χ3v) is 1.49. The third kappa shape index (κ3) is 4.73. The van der Waals surface area contributed by atoms with Crippen molar-refractivity contribution in [2.75, 3.05) is 0 Å². The zero-order chi connectivity index (χ0) is 9.56. The molecule has 1 amide bonds. The van der Waals surface area contributed by atoms with Crippen molar-refractivity contribution >= 4 is 5.91 Å². The van der Waals surface area contributed by atoms with Crippen molar-refractivity contribution in [2.24, 2.45) is 5.92 Å². The van der Waals surface area contributed by atoms with E-state index in [4.69, 9.17) is 5.26 Å². The molecule has 0 aromatic rings. The number of hydrogen-bond acceptors (Lipinski definition) is 2. The topological polar surface area (TPSA) is 52.9 Å². The maximum atomic E-state index is 11.1. The number of nitrogens with one attached hydrogen (secondary N) is 1. The van der Waals surface area contributed by atoms with Crippen LogP contribution in [0.3, 0.4) is 0 Å². The zero-order valence-electron chi connectivity index (χ0n) is 7.92. The van der Waals surface area contributed by atoms with Crippen molar-refractivity contribution in [3.63, 3.8) is 0 Å². The Hall–Kier alpha value is -1.04. The van der Waals surface area contributed by atoms with E-state index in [1.54, 1.807) is 0 Å². The molecule has 68 valence electrons. The van der Waals surface area contributed by atoms with E-state index in [0.717, 1.165) is 0 Å². The van der Waals surface area contributed by atoms with E-state index in [0.29, 0.717) is 18.8 Å². The summed E-state index contributed by atoms with van der Waals surface area (Å²) in [6.45, 7) is 5.84. The lowest BCUT2D eigenvalue weighted by molar-refractivity contribution is -0.122. The monoisotopic (exact) mass is 168 g/mol. The molecule has 1 N–H and O–H groups in total. The van der Waals surface area contributed by atoms with Gasteiger partial charge in [-0.15, -0.1) is 0 Å². The molecule has 1 unspecified atom stereocenters. The molecule has 0 aliphatic heterocycles. The van der Waals surface area contributed by atoms with Crippen molar-refractivity contribution in [1.82, 2.24) is 5.32 Å². The summed E-state index contributed by atoms with van der Waals surface area (Å²) in [5.41, 5.74) is 0. The van der Waals surface area contributed by atoms with Gasteiger partial charge in [-0.2, -0.15) is 5.26 Å². The Morgan fingerprint density at radius 2 is 2.17 bits per heavy atom. The highest BCUT2D eigenvalue weighted by molar-refractivity contribution is 5.76. The minimum absolute atomic E-state index is 0.0293. The predicted molar refractivity (Wildman–Crippen MR) is 47.3 cm³/mol. The molecule has 0 rings (SSSR count). The van der Waals surface area contributed by atoms with Gasteiger partial charge in [0.05, 0.1) is 6.07 Å². The molecule has 0 aromatic heterocycles. The quantitative estimate of drug-likeness (QED) is 0.690. The highest BCUT2D eigenvalue weighted by Gasteiger charge is 2.09. The molecule has 0 saturated carbocycles. The zero-order valence-corrected chi connectivity index (χ0v) is 7.92. The summed E-state index contributed by atoms with van der Waals surface area (Å²) >= 11 is 0. The van der Waals surface area contributed by atoms with Crippen LogP contribution in [0.5, 0.6) is 0 Å². The molecule has 0 aliphatic rings. The van der Waals surface area contributed by atoms with Crippen molar-refractivity contribution in [1.29, 1.82) is 5.26 Å². The summed E-state index contributed by atoms with van der Waals surface area (Å²) < 4.78 is 0. The summed E-state index contributed by atoms with van der Waals surface area (Å²) in [7, 11) is 0. The lowest BCUT2D eigenvalue weighted by Gasteiger charge is -2.09. The number of hydrogen-bond donors (Lipinski definition) is 1. The fourth-order valence-electron chi connectivity index (χ4n) is 0.850. The Bertz CT molecular complexity index is 181. The van der Waals surface area contributed by atoms with Crippen molar-refractivity contribution in [3.05, 3.63) is 0 Å². The second kappa shape index (κ2) is 5.59. The van der Waals surface area contributed by atoms with Crippen LogP contribution in [0.4, 0.5) is 0 Å². The molecule has 0 spiro atoms. The van der Waals surface area contributed by atoms with Gasteiger partial charge in [-0.1, -0.05) is 20.8 Å². The van der Waals surface area contributed by atoms with Gasteiger partial charge in [-0.3, -0.25) is 4.79 Å². The lowest BCUT2D eigenvalue weighted by atomic mass is 10.1. The molecule has 0 radical (unpaired) electrons. The number of nitrogens with zero attached hydrogens (tertiary/aromatic N) is 1. The van der Waals surface area contributed by atoms with Gasteiger partial charge in [0.2, 0.25) is 5.91 Å². The van der Waals surface area contributed by atoms with Gasteiger partial charge in [0.1, 0.15) is 6.04 Å². The van der Waals surface area contributed by atoms with Crippen LogP contribution in [-0.4, -0.2) is 11.9 Å². The van der Waals surface area contributed by atoms with Gasteiger partial charge in [0, 0.05) is 6.42 Å². The van der Waals surface area contributed by atoms with Crippen LogP contribution < -0.4 is 5.32 Å². The minimum Gasteiger partial charge on any atom is -0.340 e. The van der Waals surface area contributed by atoms with Gasteiger partial charge in [-0.05, 0) is 12.3 Å². The fourth-order valence-corrected chi connectivity index (χ4v) is 0.850. The van der Waals surface area contributed by atoms with E-state index in [-0.39, 0.29) is 11.9 Å². The summed E-state index contributed by atoms with van der Waals surface area (Å²) in [4.78, 5) is 11.1. The Labute approximate surface area is 73.8 Å². The molecule has 12 heavy (non-hydrogen) atoms. The minimum atomic E-state index is -0.323. The molecule has 1 atom stereocenters. The molecule has 0 fully saturated rings. The maximum Gasteiger partial charge on any atom is 0.221 e. The maximum absolute atomic E-state index is 11.1. The largest absolute Gasteiger partial charge is 0.340 e. The Morgan fingerprint density at radius 1 is 1.58 bits per heavy atom. The van der Waals surface area contributed by atoms with E-state index >= 15 is 0 Å². The lowest BCUT2D eigenvalue weighted by Crippen LogP contribution is -2.33. The fraction of sp³-hybridized carbons (Fsp3) is 0.778. The van der Waals surface area contributed by atoms with Crippen LogP contribution in [0.15, 0.2) is 0 Å². The second-order valence-electron chi connectivity index (χ2n) is 3.26. The van der Waals surface area contributed by atoms with Crippen molar-refractivity contribution < 1.29 is 4.79 Å². The van der Waals surface area contributed by atoms with E-state index < -0.39 is 0 Å². The molecule has 3 heteroatoms. The third-order valence-electron chi connectivity index (χ3n) is 1.49. The first-order valence-corrected chi connectivity index (χ1v) is 4.29. The van der Waals surface area contributed by atoms with Gasteiger partial charge in [0.15, 0.2) is 0 Å². The second-order valence-corrected chi connectivity index (χ2v) is 3.26. The molecule has 0 saturated heterocycles. The van der Waals surface area contributed by atoms with Crippen LogP contribution in [0.1, 0.15) is 33.6 Å². The molecule has 0 aromatic carbocycles. The van der Waals surface area contributed by atoms with Crippen LogP contribution >= 0.6 is 0 Å².